The van der Waals surface area contributed by atoms with Gasteiger partial charge in [-0.1, -0.05) is 26.2 Å². The van der Waals surface area contributed by atoms with Crippen LogP contribution in [0.25, 0.3) is 0 Å². The second-order valence-electron chi connectivity index (χ2n) is 4.43. The van der Waals surface area contributed by atoms with Crippen molar-refractivity contribution in [2.45, 2.75) is 58.0 Å². The van der Waals surface area contributed by atoms with Crippen LogP contribution in [0.4, 0.5) is 0 Å². The summed E-state index contributed by atoms with van der Waals surface area (Å²) in [5, 5.41) is 0. The molecule has 14 heavy (non-hydrogen) atoms. The van der Waals surface area contributed by atoms with E-state index in [1.54, 1.807) is 0 Å². The van der Waals surface area contributed by atoms with Crippen molar-refractivity contribution < 1.29 is 4.74 Å². The van der Waals surface area contributed by atoms with E-state index in [2.05, 4.69) is 6.92 Å². The normalized spacial score (nSPS) is 27.9. The van der Waals surface area contributed by atoms with Crippen molar-refractivity contribution in [1.29, 1.82) is 0 Å². The van der Waals surface area contributed by atoms with Crippen LogP contribution in [-0.2, 0) is 4.74 Å². The first kappa shape index (κ1) is 12.0. The average Bonchev–Trinajstić information content (AvgIpc) is 2.25. The molecule has 0 amide bonds. The molecule has 1 saturated carbocycles. The van der Waals surface area contributed by atoms with Gasteiger partial charge in [-0.05, 0) is 38.1 Å². The molecule has 0 saturated heterocycles. The summed E-state index contributed by atoms with van der Waals surface area (Å²) < 4.78 is 5.86. The first-order chi connectivity index (χ1) is 6.86. The van der Waals surface area contributed by atoms with E-state index >= 15 is 0 Å². The lowest BCUT2D eigenvalue weighted by Gasteiger charge is -2.28. The first-order valence-corrected chi connectivity index (χ1v) is 6.18. The Bertz CT molecular complexity index is 138. The monoisotopic (exact) mass is 199 g/mol. The topological polar surface area (TPSA) is 35.2 Å². The highest BCUT2D eigenvalue weighted by atomic mass is 16.5. The van der Waals surface area contributed by atoms with Crippen LogP contribution in [0.3, 0.4) is 0 Å². The molecule has 1 aliphatic rings. The second-order valence-corrected chi connectivity index (χ2v) is 4.43. The van der Waals surface area contributed by atoms with Crippen molar-refractivity contribution in [2.24, 2.45) is 11.7 Å². The summed E-state index contributed by atoms with van der Waals surface area (Å²) in [6.07, 6.45) is 9.44. The molecule has 0 bridgehead atoms. The molecule has 1 rings (SSSR count). The molecule has 0 spiro atoms. The number of unbranched alkanes of at least 4 members (excludes halogenated alkanes) is 1. The standard InChI is InChI=1S/C12H25NO/c1-2-11-6-5-7-12(10-11)14-9-4-3-8-13/h11-12H,2-10,13H2,1H3. The van der Waals surface area contributed by atoms with Crippen LogP contribution in [0.5, 0.6) is 0 Å². The number of nitrogens with two attached hydrogens (primary N) is 1. The van der Waals surface area contributed by atoms with E-state index in [0.29, 0.717) is 6.10 Å². The Balaban J connectivity index is 2.05. The van der Waals surface area contributed by atoms with Gasteiger partial charge in [0.1, 0.15) is 0 Å². The largest absolute Gasteiger partial charge is 0.378 e. The van der Waals surface area contributed by atoms with Crippen LogP contribution in [0.2, 0.25) is 0 Å². The predicted molar refractivity (Wildman–Crippen MR) is 60.3 cm³/mol. The van der Waals surface area contributed by atoms with Crippen LogP contribution in [0.1, 0.15) is 51.9 Å². The Morgan fingerprint density at radius 1 is 1.29 bits per heavy atom. The maximum Gasteiger partial charge on any atom is 0.0577 e. The Labute approximate surface area is 88.2 Å². The predicted octanol–water partition coefficient (Wildman–Crippen LogP) is 2.71. The van der Waals surface area contributed by atoms with Crippen molar-refractivity contribution in [3.05, 3.63) is 0 Å². The minimum absolute atomic E-state index is 0.548. The third-order valence-electron chi connectivity index (χ3n) is 3.26. The first-order valence-electron chi connectivity index (χ1n) is 6.18. The van der Waals surface area contributed by atoms with Crippen LogP contribution in [0.15, 0.2) is 0 Å². The molecule has 2 atom stereocenters. The fourth-order valence-electron chi connectivity index (χ4n) is 2.26. The van der Waals surface area contributed by atoms with E-state index in [0.717, 1.165) is 31.9 Å². The molecule has 2 N–H and O–H groups in total. The lowest BCUT2D eigenvalue weighted by atomic mass is 9.85. The molecule has 2 heteroatoms. The van der Waals surface area contributed by atoms with E-state index < -0.39 is 0 Å². The quantitative estimate of drug-likeness (QED) is 0.668. The van der Waals surface area contributed by atoms with E-state index in [1.807, 2.05) is 0 Å². The lowest BCUT2D eigenvalue weighted by Crippen LogP contribution is -2.23. The van der Waals surface area contributed by atoms with Gasteiger partial charge in [0.2, 0.25) is 0 Å². The maximum absolute atomic E-state index is 5.86. The Hall–Kier alpha value is -0.0800. The highest BCUT2D eigenvalue weighted by molar-refractivity contribution is 4.72. The Kier molecular flexibility index (Phi) is 6.20. The van der Waals surface area contributed by atoms with Crippen molar-refractivity contribution in [2.75, 3.05) is 13.2 Å². The zero-order chi connectivity index (χ0) is 10.2. The van der Waals surface area contributed by atoms with Crippen molar-refractivity contribution in [1.82, 2.24) is 0 Å². The summed E-state index contributed by atoms with van der Waals surface area (Å²) in [4.78, 5) is 0. The molecule has 0 aliphatic heterocycles. The molecule has 0 aromatic carbocycles. The van der Waals surface area contributed by atoms with E-state index in [9.17, 15) is 0 Å². The summed E-state index contributed by atoms with van der Waals surface area (Å²) in [7, 11) is 0. The third kappa shape index (κ3) is 4.43. The summed E-state index contributed by atoms with van der Waals surface area (Å²) in [5.41, 5.74) is 5.44. The molecule has 0 radical (unpaired) electrons. The summed E-state index contributed by atoms with van der Waals surface area (Å²) >= 11 is 0. The average molecular weight is 199 g/mol. The molecule has 0 heterocycles. The maximum atomic E-state index is 5.86. The molecule has 1 aliphatic carbocycles. The van der Waals surface area contributed by atoms with Gasteiger partial charge >= 0.3 is 0 Å². The van der Waals surface area contributed by atoms with Gasteiger partial charge in [-0.25, -0.2) is 0 Å². The summed E-state index contributed by atoms with van der Waals surface area (Å²) in [5.74, 6) is 0.920. The summed E-state index contributed by atoms with van der Waals surface area (Å²) in [6.45, 7) is 4.01. The molecular weight excluding hydrogens is 174 g/mol. The molecule has 2 nitrogen and oxygen atoms in total. The van der Waals surface area contributed by atoms with Crippen molar-refractivity contribution in [3.63, 3.8) is 0 Å². The van der Waals surface area contributed by atoms with Gasteiger partial charge in [-0.3, -0.25) is 0 Å². The molecule has 1 fully saturated rings. The SMILES string of the molecule is CCC1CCCC(OCCCCN)C1. The zero-order valence-electron chi connectivity index (χ0n) is 9.50. The van der Waals surface area contributed by atoms with E-state index in [1.165, 1.54) is 32.1 Å². The zero-order valence-corrected chi connectivity index (χ0v) is 9.50. The fraction of sp³-hybridized carbons (Fsp3) is 1.00. The van der Waals surface area contributed by atoms with E-state index in [4.69, 9.17) is 10.5 Å². The van der Waals surface area contributed by atoms with E-state index in [-0.39, 0.29) is 0 Å². The number of rotatable bonds is 6. The lowest BCUT2D eigenvalue weighted by molar-refractivity contribution is 0.0110. The van der Waals surface area contributed by atoms with Gasteiger partial charge in [-0.2, -0.15) is 0 Å². The number of hydrogen-bond acceptors (Lipinski definition) is 2. The molecule has 0 aromatic heterocycles. The van der Waals surface area contributed by atoms with Gasteiger partial charge < -0.3 is 10.5 Å². The van der Waals surface area contributed by atoms with Crippen LogP contribution in [-0.4, -0.2) is 19.3 Å². The Morgan fingerprint density at radius 2 is 2.14 bits per heavy atom. The minimum Gasteiger partial charge on any atom is -0.378 e. The Morgan fingerprint density at radius 3 is 2.86 bits per heavy atom. The molecule has 2 unspecified atom stereocenters. The van der Waals surface area contributed by atoms with Crippen molar-refractivity contribution in [3.8, 4) is 0 Å². The molecule has 0 aromatic rings. The minimum atomic E-state index is 0.548. The van der Waals surface area contributed by atoms with Gasteiger partial charge in [0.15, 0.2) is 0 Å². The number of ether oxygens (including phenoxy) is 1. The van der Waals surface area contributed by atoms with Gasteiger partial charge in [0.25, 0.3) is 0 Å². The fourth-order valence-corrected chi connectivity index (χ4v) is 2.26. The van der Waals surface area contributed by atoms with Crippen LogP contribution >= 0.6 is 0 Å². The van der Waals surface area contributed by atoms with Gasteiger partial charge in [0.05, 0.1) is 6.10 Å². The molecule has 84 valence electrons. The highest BCUT2D eigenvalue weighted by Gasteiger charge is 2.20. The van der Waals surface area contributed by atoms with Gasteiger partial charge in [0, 0.05) is 6.61 Å². The third-order valence-corrected chi connectivity index (χ3v) is 3.26. The number of hydrogen-bond donors (Lipinski definition) is 1. The molecular formula is C12H25NO. The summed E-state index contributed by atoms with van der Waals surface area (Å²) in [6, 6.07) is 0. The smallest absolute Gasteiger partial charge is 0.0577 e. The van der Waals surface area contributed by atoms with Crippen molar-refractivity contribution >= 4 is 0 Å². The van der Waals surface area contributed by atoms with Gasteiger partial charge in [-0.15, -0.1) is 0 Å². The van der Waals surface area contributed by atoms with Crippen LogP contribution < -0.4 is 5.73 Å². The van der Waals surface area contributed by atoms with Crippen LogP contribution in [0, 0.1) is 5.92 Å². The second kappa shape index (κ2) is 7.24. The highest BCUT2D eigenvalue weighted by Crippen LogP contribution is 2.28.